The van der Waals surface area contributed by atoms with Gasteiger partial charge < -0.3 is 10.1 Å². The molecule has 0 unspecified atom stereocenters. The van der Waals surface area contributed by atoms with E-state index in [1.54, 1.807) is 0 Å². The molecule has 0 radical (unpaired) electrons. The number of rotatable bonds is 7. The van der Waals surface area contributed by atoms with E-state index in [0.717, 1.165) is 22.9 Å². The summed E-state index contributed by atoms with van der Waals surface area (Å²) < 4.78 is 5.65. The van der Waals surface area contributed by atoms with Crippen LogP contribution in [0.1, 0.15) is 25.8 Å². The summed E-state index contributed by atoms with van der Waals surface area (Å²) >= 11 is 6.20. The van der Waals surface area contributed by atoms with E-state index in [4.69, 9.17) is 22.8 Å². The highest BCUT2D eigenvalue weighted by atomic mass is 35.5. The lowest BCUT2D eigenvalue weighted by Crippen LogP contribution is -2.19. The molecule has 0 atom stereocenters. The highest BCUT2D eigenvalue weighted by Crippen LogP contribution is 2.26. The molecule has 0 spiro atoms. The molecule has 0 aliphatic carbocycles. The van der Waals surface area contributed by atoms with Gasteiger partial charge in [0.1, 0.15) is 5.75 Å². The standard InChI is InChI=1S/C15H20ClNO/c1-4-5-9-18-15-8-6-7-14(16)13(15)11-17-10-12(2)3/h1,6-8,12,17H,5,9-11H2,2-3H3. The smallest absolute Gasteiger partial charge is 0.125 e. The van der Waals surface area contributed by atoms with Crippen LogP contribution in [0.3, 0.4) is 0 Å². The lowest BCUT2D eigenvalue weighted by Gasteiger charge is -2.14. The quantitative estimate of drug-likeness (QED) is 0.602. The van der Waals surface area contributed by atoms with Crippen molar-refractivity contribution in [2.75, 3.05) is 13.2 Å². The topological polar surface area (TPSA) is 21.3 Å². The molecule has 0 amide bonds. The van der Waals surface area contributed by atoms with E-state index in [2.05, 4.69) is 25.1 Å². The van der Waals surface area contributed by atoms with Gasteiger partial charge >= 0.3 is 0 Å². The molecule has 0 heterocycles. The number of benzene rings is 1. The predicted octanol–water partition coefficient (Wildman–Crippen LogP) is 3.49. The van der Waals surface area contributed by atoms with Gasteiger partial charge in [0.05, 0.1) is 6.61 Å². The largest absolute Gasteiger partial charge is 0.492 e. The molecule has 0 aliphatic rings. The summed E-state index contributed by atoms with van der Waals surface area (Å²) in [5.74, 6) is 3.98. The van der Waals surface area contributed by atoms with E-state index < -0.39 is 0 Å². The number of hydrogen-bond donors (Lipinski definition) is 1. The maximum atomic E-state index is 6.20. The Morgan fingerprint density at radius 3 is 2.89 bits per heavy atom. The predicted molar refractivity (Wildman–Crippen MR) is 76.9 cm³/mol. The minimum atomic E-state index is 0.522. The molecule has 0 aromatic heterocycles. The molecular formula is C15H20ClNO. The van der Waals surface area contributed by atoms with E-state index in [1.807, 2.05) is 18.2 Å². The van der Waals surface area contributed by atoms with Crippen molar-refractivity contribution in [1.29, 1.82) is 0 Å². The number of hydrogen-bond acceptors (Lipinski definition) is 2. The Morgan fingerprint density at radius 1 is 1.44 bits per heavy atom. The summed E-state index contributed by atoms with van der Waals surface area (Å²) in [6.45, 7) is 6.53. The van der Waals surface area contributed by atoms with Crippen LogP contribution in [-0.4, -0.2) is 13.2 Å². The molecule has 18 heavy (non-hydrogen) atoms. The van der Waals surface area contributed by atoms with Crippen LogP contribution in [-0.2, 0) is 6.54 Å². The van der Waals surface area contributed by atoms with Crippen molar-refractivity contribution >= 4 is 11.6 Å². The summed E-state index contributed by atoms with van der Waals surface area (Å²) in [5, 5.41) is 4.09. The van der Waals surface area contributed by atoms with Crippen molar-refractivity contribution in [2.24, 2.45) is 5.92 Å². The molecule has 0 saturated carbocycles. The molecule has 2 nitrogen and oxygen atoms in total. The summed E-state index contributed by atoms with van der Waals surface area (Å²) in [6.07, 6.45) is 5.81. The van der Waals surface area contributed by atoms with E-state index >= 15 is 0 Å². The number of nitrogens with one attached hydrogen (secondary N) is 1. The number of ether oxygens (including phenoxy) is 1. The van der Waals surface area contributed by atoms with Crippen LogP contribution in [0.5, 0.6) is 5.75 Å². The summed E-state index contributed by atoms with van der Waals surface area (Å²) in [4.78, 5) is 0. The average Bonchev–Trinajstić information content (AvgIpc) is 2.32. The fraction of sp³-hybridized carbons (Fsp3) is 0.467. The van der Waals surface area contributed by atoms with Crippen LogP contribution in [0.15, 0.2) is 18.2 Å². The Hall–Kier alpha value is -1.17. The van der Waals surface area contributed by atoms with E-state index in [-0.39, 0.29) is 0 Å². The van der Waals surface area contributed by atoms with Crippen molar-refractivity contribution in [3.8, 4) is 18.1 Å². The monoisotopic (exact) mass is 265 g/mol. The zero-order valence-electron chi connectivity index (χ0n) is 11.0. The third-order valence-corrected chi connectivity index (χ3v) is 2.79. The third-order valence-electron chi connectivity index (χ3n) is 2.43. The van der Waals surface area contributed by atoms with Crippen LogP contribution in [0, 0.1) is 18.3 Å². The molecule has 0 fully saturated rings. The molecule has 1 aromatic rings. The molecule has 1 rings (SSSR count). The molecular weight excluding hydrogens is 246 g/mol. The van der Waals surface area contributed by atoms with Crippen LogP contribution in [0.25, 0.3) is 0 Å². The van der Waals surface area contributed by atoms with Crippen molar-refractivity contribution in [1.82, 2.24) is 5.32 Å². The van der Waals surface area contributed by atoms with Crippen molar-refractivity contribution in [2.45, 2.75) is 26.8 Å². The Morgan fingerprint density at radius 2 is 2.22 bits per heavy atom. The van der Waals surface area contributed by atoms with Crippen LogP contribution >= 0.6 is 11.6 Å². The van der Waals surface area contributed by atoms with E-state index in [0.29, 0.717) is 25.5 Å². The lowest BCUT2D eigenvalue weighted by molar-refractivity contribution is 0.322. The second-order valence-electron chi connectivity index (χ2n) is 4.54. The van der Waals surface area contributed by atoms with Gasteiger partial charge in [-0.2, -0.15) is 0 Å². The Balaban J connectivity index is 2.65. The van der Waals surface area contributed by atoms with Crippen LogP contribution < -0.4 is 10.1 Å². The van der Waals surface area contributed by atoms with Gasteiger partial charge in [-0.1, -0.05) is 31.5 Å². The van der Waals surface area contributed by atoms with Gasteiger partial charge in [-0.05, 0) is 24.6 Å². The van der Waals surface area contributed by atoms with Gasteiger partial charge in [0.25, 0.3) is 0 Å². The Bertz CT molecular complexity index is 409. The first kappa shape index (κ1) is 14.9. The zero-order chi connectivity index (χ0) is 13.4. The number of halogens is 1. The summed E-state index contributed by atoms with van der Waals surface area (Å²) in [6, 6.07) is 5.69. The molecule has 98 valence electrons. The normalized spacial score (nSPS) is 10.4. The first-order chi connectivity index (χ1) is 8.65. The molecule has 1 N–H and O–H groups in total. The van der Waals surface area contributed by atoms with Gasteiger partial charge in [-0.15, -0.1) is 12.3 Å². The zero-order valence-corrected chi connectivity index (χ0v) is 11.8. The van der Waals surface area contributed by atoms with Gasteiger partial charge in [-0.3, -0.25) is 0 Å². The van der Waals surface area contributed by atoms with Gasteiger partial charge in [0.15, 0.2) is 0 Å². The minimum Gasteiger partial charge on any atom is -0.492 e. The second-order valence-corrected chi connectivity index (χ2v) is 4.95. The van der Waals surface area contributed by atoms with Crippen molar-refractivity contribution in [3.63, 3.8) is 0 Å². The third kappa shape index (κ3) is 5.00. The number of terminal acetylenes is 1. The van der Waals surface area contributed by atoms with E-state index in [1.165, 1.54) is 0 Å². The molecule has 0 bridgehead atoms. The van der Waals surface area contributed by atoms with Gasteiger partial charge in [-0.25, -0.2) is 0 Å². The van der Waals surface area contributed by atoms with E-state index in [9.17, 15) is 0 Å². The molecule has 0 saturated heterocycles. The SMILES string of the molecule is C#CCCOc1cccc(Cl)c1CNCC(C)C. The molecule has 1 aromatic carbocycles. The highest BCUT2D eigenvalue weighted by molar-refractivity contribution is 6.31. The Kier molecular flexibility index (Phi) is 6.64. The van der Waals surface area contributed by atoms with Crippen molar-refractivity contribution in [3.05, 3.63) is 28.8 Å². The van der Waals surface area contributed by atoms with Gasteiger partial charge in [0, 0.05) is 23.6 Å². The highest BCUT2D eigenvalue weighted by Gasteiger charge is 2.08. The van der Waals surface area contributed by atoms with Crippen LogP contribution in [0.4, 0.5) is 0 Å². The second kappa shape index (κ2) is 8.02. The first-order valence-electron chi connectivity index (χ1n) is 6.19. The maximum Gasteiger partial charge on any atom is 0.125 e. The maximum absolute atomic E-state index is 6.20. The van der Waals surface area contributed by atoms with Gasteiger partial charge in [0.2, 0.25) is 0 Å². The summed E-state index contributed by atoms with van der Waals surface area (Å²) in [5.41, 5.74) is 0.997. The first-order valence-corrected chi connectivity index (χ1v) is 6.57. The van der Waals surface area contributed by atoms with Crippen molar-refractivity contribution < 1.29 is 4.74 Å². The average molecular weight is 266 g/mol. The van der Waals surface area contributed by atoms with Crippen LogP contribution in [0.2, 0.25) is 5.02 Å². The molecule has 3 heteroatoms. The summed E-state index contributed by atoms with van der Waals surface area (Å²) in [7, 11) is 0. The molecule has 0 aliphatic heterocycles. The minimum absolute atomic E-state index is 0.522. The Labute approximate surface area is 115 Å². The lowest BCUT2D eigenvalue weighted by atomic mass is 10.1. The fourth-order valence-electron chi connectivity index (χ4n) is 1.55. The fourth-order valence-corrected chi connectivity index (χ4v) is 1.78.